The van der Waals surface area contributed by atoms with Crippen molar-refractivity contribution in [1.82, 2.24) is 4.31 Å². The minimum absolute atomic E-state index is 0.180. The van der Waals surface area contributed by atoms with E-state index in [1.54, 1.807) is 19.2 Å². The summed E-state index contributed by atoms with van der Waals surface area (Å²) < 4.78 is 46.5. The van der Waals surface area contributed by atoms with E-state index in [0.717, 1.165) is 10.4 Å². The molecule has 2 aromatic carbocycles. The molecule has 4 nitrogen and oxygen atoms in total. The third-order valence-electron chi connectivity index (χ3n) is 4.08. The molecule has 0 saturated heterocycles. The van der Waals surface area contributed by atoms with Crippen LogP contribution in [0.15, 0.2) is 66.0 Å². The summed E-state index contributed by atoms with van der Waals surface area (Å²) in [5, 5.41) is 1.91. The monoisotopic (exact) mass is 405 g/mol. The molecule has 3 rings (SSSR count). The first kappa shape index (κ1) is 19.5. The molecular formula is C20H20FNO3S2. The van der Waals surface area contributed by atoms with Crippen molar-refractivity contribution in [1.29, 1.82) is 0 Å². The van der Waals surface area contributed by atoms with Crippen molar-refractivity contribution in [3.8, 4) is 5.75 Å². The molecule has 0 fully saturated rings. The summed E-state index contributed by atoms with van der Waals surface area (Å²) >= 11 is 1.50. The summed E-state index contributed by atoms with van der Waals surface area (Å²) in [5.74, 6) is -0.0717. The van der Waals surface area contributed by atoms with Gasteiger partial charge in [-0.05, 0) is 35.2 Å². The summed E-state index contributed by atoms with van der Waals surface area (Å²) in [6.07, 6.45) is 0. The molecule has 0 N–H and O–H groups in total. The SMILES string of the molecule is COc1ccccc1CN(Cc1cccs1)S(=O)(=O)Cc1cccc(F)c1. The first-order valence-corrected chi connectivity index (χ1v) is 10.8. The summed E-state index contributed by atoms with van der Waals surface area (Å²) in [7, 11) is -2.11. The van der Waals surface area contributed by atoms with E-state index in [-0.39, 0.29) is 18.8 Å². The largest absolute Gasteiger partial charge is 0.496 e. The van der Waals surface area contributed by atoms with Gasteiger partial charge in [0.15, 0.2) is 0 Å². The second-order valence-corrected chi connectivity index (χ2v) is 9.05. The van der Waals surface area contributed by atoms with Crippen molar-refractivity contribution in [2.75, 3.05) is 7.11 Å². The van der Waals surface area contributed by atoms with Crippen molar-refractivity contribution in [2.24, 2.45) is 0 Å². The predicted octanol–water partition coefficient (Wildman–Crippen LogP) is 4.43. The maximum atomic E-state index is 13.5. The Morgan fingerprint density at radius 2 is 1.85 bits per heavy atom. The van der Waals surface area contributed by atoms with Gasteiger partial charge in [0.1, 0.15) is 11.6 Å². The number of halogens is 1. The fraction of sp³-hybridized carbons (Fsp3) is 0.200. The molecule has 3 aromatic rings. The number of hydrogen-bond acceptors (Lipinski definition) is 4. The molecule has 142 valence electrons. The van der Waals surface area contributed by atoms with Gasteiger partial charge in [0.2, 0.25) is 10.0 Å². The first-order valence-electron chi connectivity index (χ1n) is 8.34. The molecule has 1 heterocycles. The number of methoxy groups -OCH3 is 1. The van der Waals surface area contributed by atoms with Crippen LogP contribution in [-0.4, -0.2) is 19.8 Å². The van der Waals surface area contributed by atoms with Crippen molar-refractivity contribution >= 4 is 21.4 Å². The summed E-state index contributed by atoms with van der Waals surface area (Å²) in [6, 6.07) is 16.8. The lowest BCUT2D eigenvalue weighted by Gasteiger charge is -2.23. The molecule has 0 unspecified atom stereocenters. The molecule has 0 aliphatic rings. The van der Waals surface area contributed by atoms with Crippen LogP contribution in [0.2, 0.25) is 0 Å². The molecular weight excluding hydrogens is 385 g/mol. The Balaban J connectivity index is 1.90. The van der Waals surface area contributed by atoms with Gasteiger partial charge in [0.05, 0.1) is 12.9 Å². The second kappa shape index (κ2) is 8.65. The van der Waals surface area contributed by atoms with Crippen molar-refractivity contribution in [3.05, 3.63) is 87.9 Å². The highest BCUT2D eigenvalue weighted by Crippen LogP contribution is 2.25. The number of nitrogens with zero attached hydrogens (tertiary/aromatic N) is 1. The molecule has 0 aliphatic carbocycles. The highest BCUT2D eigenvalue weighted by atomic mass is 32.2. The van der Waals surface area contributed by atoms with Gasteiger partial charge in [0, 0.05) is 23.5 Å². The zero-order valence-corrected chi connectivity index (χ0v) is 16.5. The Bertz CT molecular complexity index is 988. The third-order valence-corrected chi connectivity index (χ3v) is 6.69. The maximum absolute atomic E-state index is 13.5. The number of para-hydroxylation sites is 1. The molecule has 0 atom stereocenters. The minimum atomic E-state index is -3.67. The van der Waals surface area contributed by atoms with Gasteiger partial charge >= 0.3 is 0 Å². The maximum Gasteiger partial charge on any atom is 0.218 e. The molecule has 7 heteroatoms. The average molecular weight is 406 g/mol. The fourth-order valence-corrected chi connectivity index (χ4v) is 5.04. The van der Waals surface area contributed by atoms with Crippen LogP contribution in [0.5, 0.6) is 5.75 Å². The van der Waals surface area contributed by atoms with Gasteiger partial charge < -0.3 is 4.74 Å². The quantitative estimate of drug-likeness (QED) is 0.557. The normalized spacial score (nSPS) is 11.7. The van der Waals surface area contributed by atoms with Gasteiger partial charge in [-0.25, -0.2) is 12.8 Å². The molecule has 0 aliphatic heterocycles. The second-order valence-electron chi connectivity index (χ2n) is 6.05. The summed E-state index contributed by atoms with van der Waals surface area (Å²) in [5.41, 5.74) is 1.20. The summed E-state index contributed by atoms with van der Waals surface area (Å²) in [6.45, 7) is 0.437. The van der Waals surface area contributed by atoms with Crippen LogP contribution < -0.4 is 4.74 Å². The first-order chi connectivity index (χ1) is 13.0. The Kier molecular flexibility index (Phi) is 6.26. The summed E-state index contributed by atoms with van der Waals surface area (Å²) in [4.78, 5) is 0.938. The number of benzene rings is 2. The number of rotatable bonds is 8. The Labute approximate surface area is 162 Å². The molecule has 0 bridgehead atoms. The molecule has 1 aromatic heterocycles. The van der Waals surface area contributed by atoms with Gasteiger partial charge in [-0.1, -0.05) is 36.4 Å². The van der Waals surface area contributed by atoms with E-state index in [1.165, 1.54) is 33.8 Å². The van der Waals surface area contributed by atoms with E-state index >= 15 is 0 Å². The van der Waals surface area contributed by atoms with Crippen LogP contribution in [0.25, 0.3) is 0 Å². The van der Waals surface area contributed by atoms with Crippen LogP contribution in [0.3, 0.4) is 0 Å². The van der Waals surface area contributed by atoms with E-state index in [1.807, 2.05) is 35.7 Å². The van der Waals surface area contributed by atoms with Crippen LogP contribution >= 0.6 is 11.3 Å². The highest BCUT2D eigenvalue weighted by Gasteiger charge is 2.25. The van der Waals surface area contributed by atoms with Crippen LogP contribution in [-0.2, 0) is 28.9 Å². The van der Waals surface area contributed by atoms with Crippen LogP contribution in [0, 0.1) is 5.82 Å². The number of sulfonamides is 1. The standard InChI is InChI=1S/C20H20FNO3S2/c1-25-20-10-3-2-7-17(20)13-22(14-19-9-5-11-26-19)27(23,24)15-16-6-4-8-18(21)12-16/h2-12H,13-15H2,1H3. The smallest absolute Gasteiger partial charge is 0.218 e. The van der Waals surface area contributed by atoms with Gasteiger partial charge in [-0.2, -0.15) is 4.31 Å². The zero-order chi connectivity index (χ0) is 19.3. The van der Waals surface area contributed by atoms with E-state index < -0.39 is 15.8 Å². The molecule has 0 amide bonds. The third kappa shape index (κ3) is 5.15. The molecule has 27 heavy (non-hydrogen) atoms. The number of ether oxygens (including phenoxy) is 1. The molecule has 0 radical (unpaired) electrons. The Morgan fingerprint density at radius 1 is 1.04 bits per heavy atom. The topological polar surface area (TPSA) is 46.6 Å². The fourth-order valence-electron chi connectivity index (χ4n) is 2.78. The van der Waals surface area contributed by atoms with Crippen LogP contribution in [0.4, 0.5) is 4.39 Å². The molecule has 0 saturated carbocycles. The Morgan fingerprint density at radius 3 is 2.56 bits per heavy atom. The lowest BCUT2D eigenvalue weighted by molar-refractivity contribution is 0.377. The predicted molar refractivity (Wildman–Crippen MR) is 106 cm³/mol. The van der Waals surface area contributed by atoms with Gasteiger partial charge in [-0.3, -0.25) is 0 Å². The Hall–Kier alpha value is -2.22. The van der Waals surface area contributed by atoms with E-state index in [0.29, 0.717) is 11.3 Å². The lowest BCUT2D eigenvalue weighted by atomic mass is 10.2. The van der Waals surface area contributed by atoms with Crippen LogP contribution in [0.1, 0.15) is 16.0 Å². The lowest BCUT2D eigenvalue weighted by Crippen LogP contribution is -2.31. The highest BCUT2D eigenvalue weighted by molar-refractivity contribution is 7.88. The average Bonchev–Trinajstić information content (AvgIpc) is 3.14. The van der Waals surface area contributed by atoms with E-state index in [9.17, 15) is 12.8 Å². The van der Waals surface area contributed by atoms with Gasteiger partial charge in [-0.15, -0.1) is 11.3 Å². The van der Waals surface area contributed by atoms with E-state index in [2.05, 4.69) is 0 Å². The zero-order valence-electron chi connectivity index (χ0n) is 14.8. The van der Waals surface area contributed by atoms with Gasteiger partial charge in [0.25, 0.3) is 0 Å². The number of hydrogen-bond donors (Lipinski definition) is 0. The van der Waals surface area contributed by atoms with Crippen molar-refractivity contribution < 1.29 is 17.5 Å². The van der Waals surface area contributed by atoms with Crippen molar-refractivity contribution in [2.45, 2.75) is 18.8 Å². The van der Waals surface area contributed by atoms with E-state index in [4.69, 9.17) is 4.74 Å². The van der Waals surface area contributed by atoms with Crippen molar-refractivity contribution in [3.63, 3.8) is 0 Å². The molecule has 0 spiro atoms. The minimum Gasteiger partial charge on any atom is -0.496 e. The number of thiophene rings is 1.